The minimum Gasteiger partial charge on any atom is -0.507 e. The van der Waals surface area contributed by atoms with Crippen LogP contribution in [0.25, 0.3) is 10.4 Å². The van der Waals surface area contributed by atoms with E-state index in [0.29, 0.717) is 0 Å². The predicted octanol–water partition coefficient (Wildman–Crippen LogP) is 11.9. The number of phenols is 12. The number of carboxylic acid groups (broad SMARTS) is 1. The van der Waals surface area contributed by atoms with Gasteiger partial charge in [-0.05, 0) is 95.6 Å². The lowest BCUT2D eigenvalue weighted by atomic mass is 9.82. The highest BCUT2D eigenvalue weighted by atomic mass is 127. The largest absolute Gasteiger partial charge is 0.507 e. The summed E-state index contributed by atoms with van der Waals surface area (Å²) >= 11 is 10.3. The minimum atomic E-state index is -1.32. The Bertz CT molecular complexity index is 7060. The van der Waals surface area contributed by atoms with Crippen molar-refractivity contribution in [2.24, 2.45) is 5.11 Å². The average Bonchev–Trinajstić information content (AvgIpc) is 0.627. The van der Waals surface area contributed by atoms with Gasteiger partial charge in [-0.15, -0.1) is 11.6 Å². The number of benzene rings is 12. The van der Waals surface area contributed by atoms with Crippen LogP contribution in [-0.2, 0) is 14.4 Å². The van der Waals surface area contributed by atoms with E-state index in [-0.39, 0.29) is 235 Å². The van der Waals surface area contributed by atoms with Gasteiger partial charge < -0.3 is 88.1 Å². The number of nitrogens with two attached hydrogens (primary N) is 1. The number of halogens is 3. The molecule has 0 radical (unpaired) electrons. The van der Waals surface area contributed by atoms with Gasteiger partial charge in [0.2, 0.25) is 58.3 Å². The first-order valence-electron chi connectivity index (χ1n) is 37.5. The van der Waals surface area contributed by atoms with E-state index in [4.69, 9.17) is 28.0 Å². The number of azide groups is 1. The Hall–Kier alpha value is -17.6. The summed E-state index contributed by atoms with van der Waals surface area (Å²) in [4.78, 5) is 209. The first kappa shape index (κ1) is 92.1. The standard InChI is InChI=1S/C16H10BrNO5.C16H10ClNO5.C16H10INO5.C15H7N3O5.C15H8O6.C14H9NO4/c3*17-6-12(21)18-7-4-9-14(11(20)5-7)16(23)13-8(15(9)22)2-1-3-10(13)19;16-18-17-15(23)6-4-8-12(10(20)5-6)14(22)11-7(13(8)21)2-1-3-9(11)19;16-9-3-1-2-7-11(9)14(19)12-8(13(7)18)4-6(15(20)21)5-10(12)17;15-6-4-8-12(10(17)5-6)14(19)11-7(13(8)18)2-1-3-9(11)16/h3*1-5,19-20H,6H2,(H,18,21);1-5,19-20H;1-5,16-17H,(H,20,21);1-5,16-17H,15H2. The van der Waals surface area contributed by atoms with Crippen LogP contribution in [0.3, 0.4) is 0 Å². The normalized spacial score (nSPS) is 12.6. The third-order valence-electron chi connectivity index (χ3n) is 20.5. The first-order valence-corrected chi connectivity index (χ1v) is 40.7. The lowest BCUT2D eigenvalue weighted by molar-refractivity contribution is -0.114. The van der Waals surface area contributed by atoms with E-state index in [9.17, 15) is 143 Å². The van der Waals surface area contributed by atoms with Crippen LogP contribution in [-0.4, -0.2) is 181 Å². The number of rotatable bonds is 8. The molecule has 6 aliphatic carbocycles. The van der Waals surface area contributed by atoms with E-state index >= 15 is 0 Å². The second kappa shape index (κ2) is 36.8. The Morgan fingerprint density at radius 3 is 0.818 bits per heavy atom. The van der Waals surface area contributed by atoms with Gasteiger partial charge in [0, 0.05) is 124 Å². The van der Waals surface area contributed by atoms with Gasteiger partial charge in [0.15, 0.2) is 34.7 Å². The lowest BCUT2D eigenvalue weighted by Gasteiger charge is -2.20. The van der Waals surface area contributed by atoms with Crippen molar-refractivity contribution >= 4 is 172 Å². The Balaban J connectivity index is 0.000000135. The van der Waals surface area contributed by atoms with Crippen molar-refractivity contribution in [3.8, 4) is 69.0 Å². The molecule has 18 N–H and O–H groups in total. The second-order valence-electron chi connectivity index (χ2n) is 28.5. The van der Waals surface area contributed by atoms with E-state index in [1.54, 1.807) is 0 Å². The number of nitrogen functional groups attached to an aromatic ring is 1. The molecular formula is C92H54BrClIN7O30. The number of fused-ring (bicyclic) bond motifs is 12. The van der Waals surface area contributed by atoms with Crippen LogP contribution in [0.15, 0.2) is 187 Å². The molecule has 0 fully saturated rings. The number of hydrogen-bond acceptors (Lipinski definition) is 30. The zero-order valence-electron chi connectivity index (χ0n) is 66.2. The number of aromatic hydroxyl groups is 12. The molecule has 0 saturated heterocycles. The second-order valence-corrected chi connectivity index (χ2v) is 30.1. The van der Waals surface area contributed by atoms with Gasteiger partial charge in [0.1, 0.15) is 74.9 Å². The third-order valence-corrected chi connectivity index (χ3v) is 21.9. The number of nitrogens with zero attached hydrogens (tertiary/aromatic N) is 3. The van der Waals surface area contributed by atoms with E-state index in [2.05, 4.69) is 41.9 Å². The van der Waals surface area contributed by atoms with Crippen molar-refractivity contribution in [2.45, 2.75) is 0 Å². The van der Waals surface area contributed by atoms with Crippen LogP contribution < -0.4 is 21.7 Å². The monoisotopic (exact) mass is 1980 g/mol. The van der Waals surface area contributed by atoms with Crippen molar-refractivity contribution in [1.29, 1.82) is 0 Å². The summed E-state index contributed by atoms with van der Waals surface area (Å²) in [5, 5.41) is 138. The number of phenolic OH excluding ortho intramolecular Hbond substituents is 12. The Morgan fingerprint density at radius 1 is 0.318 bits per heavy atom. The van der Waals surface area contributed by atoms with Crippen LogP contribution in [0, 0.1) is 0 Å². The summed E-state index contributed by atoms with van der Waals surface area (Å²) < 4.78 is 0.208. The number of hydrogen-bond donors (Lipinski definition) is 17. The number of alkyl halides is 3. The molecule has 0 aromatic heterocycles. The SMILES string of the molecule is Nc1cc(O)c2c(c1)C(=O)c1cccc(O)c1C2=O.O=C(CBr)Nc1cc(O)c2c(c1)C(=O)c1cccc(O)c1C2=O.O=C(CCl)Nc1cc(O)c2c(c1)C(=O)c1cccc(O)c1C2=O.O=C(CI)Nc1cc(O)c2c(c1)C(=O)c1cccc(O)c1C2=O.O=C(O)c1cc(O)c2c(c1)C(=O)c1cccc(O)c1C2=O.[N-]=[N+]=NC(=O)c1cc(O)c2c(c1)C(=O)c1cccc(O)c1C2=O. The topological polar surface area (TPSA) is 664 Å². The molecule has 12 aromatic carbocycles. The molecule has 132 heavy (non-hydrogen) atoms. The summed E-state index contributed by atoms with van der Waals surface area (Å²) in [5.41, 5.74) is 11.8. The van der Waals surface area contributed by atoms with E-state index < -0.39 is 116 Å². The van der Waals surface area contributed by atoms with Crippen LogP contribution in [0.2, 0.25) is 0 Å². The maximum Gasteiger partial charge on any atom is 0.335 e. The fourth-order valence-electron chi connectivity index (χ4n) is 14.9. The van der Waals surface area contributed by atoms with Gasteiger partial charge in [-0.3, -0.25) is 76.7 Å². The molecule has 37 nitrogen and oxygen atoms in total. The number of aromatic carboxylic acids is 1. The number of carbonyl (C=O) groups excluding carboxylic acids is 16. The summed E-state index contributed by atoms with van der Waals surface area (Å²) in [6, 6.07) is 38.9. The number of carbonyl (C=O) groups is 17. The fourth-order valence-corrected chi connectivity index (χ4v) is 15.3. The van der Waals surface area contributed by atoms with E-state index in [1.165, 1.54) is 152 Å². The van der Waals surface area contributed by atoms with E-state index in [0.717, 1.165) is 30.3 Å². The molecule has 12 aromatic rings. The van der Waals surface area contributed by atoms with Gasteiger partial charge in [0.25, 0.3) is 0 Å². The molecule has 4 amide bonds. The Kier molecular flexibility index (Phi) is 25.7. The quantitative estimate of drug-likeness (QED) is 0.0168. The van der Waals surface area contributed by atoms with Gasteiger partial charge in [-0.1, -0.05) is 111 Å². The van der Waals surface area contributed by atoms with Crippen molar-refractivity contribution in [1.82, 2.24) is 0 Å². The maximum absolute atomic E-state index is 12.6. The highest BCUT2D eigenvalue weighted by Gasteiger charge is 2.42. The Morgan fingerprint density at radius 2 is 0.553 bits per heavy atom. The van der Waals surface area contributed by atoms with Gasteiger partial charge in [-0.25, -0.2) is 4.79 Å². The molecular weight excluding hydrogens is 1930 g/mol. The first-order chi connectivity index (χ1) is 62.7. The molecule has 0 unspecified atom stereocenters. The maximum atomic E-state index is 12.6. The van der Waals surface area contributed by atoms with Crippen molar-refractivity contribution in [2.75, 3.05) is 37.3 Å². The fraction of sp³-hybridized carbons (Fsp3) is 0.0326. The van der Waals surface area contributed by atoms with Crippen molar-refractivity contribution in [3.63, 3.8) is 0 Å². The minimum absolute atomic E-state index is 0.00291. The number of ketones is 12. The van der Waals surface area contributed by atoms with Crippen LogP contribution in [0.5, 0.6) is 69.0 Å². The summed E-state index contributed by atoms with van der Waals surface area (Å²) in [6.07, 6.45) is 0. The molecule has 18 rings (SSSR count). The van der Waals surface area contributed by atoms with Crippen LogP contribution in [0.1, 0.15) is 212 Å². The molecule has 0 saturated carbocycles. The van der Waals surface area contributed by atoms with Crippen LogP contribution >= 0.6 is 50.1 Å². The highest BCUT2D eigenvalue weighted by Crippen LogP contribution is 2.46. The molecule has 0 atom stereocenters. The molecule has 0 bridgehead atoms. The predicted molar refractivity (Wildman–Crippen MR) is 473 cm³/mol. The number of anilines is 4. The molecule has 0 spiro atoms. The van der Waals surface area contributed by atoms with Gasteiger partial charge in [0.05, 0.1) is 82.1 Å². The smallest absolute Gasteiger partial charge is 0.335 e. The lowest BCUT2D eigenvalue weighted by Crippen LogP contribution is -2.22. The number of nitrogens with one attached hydrogen (secondary N) is 3. The van der Waals surface area contributed by atoms with Gasteiger partial charge in [-0.2, -0.15) is 0 Å². The number of amides is 4. The van der Waals surface area contributed by atoms with Gasteiger partial charge >= 0.3 is 5.97 Å². The molecule has 0 aliphatic heterocycles. The molecule has 0 heterocycles. The summed E-state index contributed by atoms with van der Waals surface area (Å²) in [7, 11) is 0. The Labute approximate surface area is 763 Å². The van der Waals surface area contributed by atoms with Crippen molar-refractivity contribution < 1.29 is 148 Å². The number of carboxylic acids is 1. The van der Waals surface area contributed by atoms with Crippen molar-refractivity contribution in [3.05, 3.63) is 337 Å². The molecule has 6 aliphatic rings. The molecule has 40 heteroatoms. The third kappa shape index (κ3) is 16.9. The highest BCUT2D eigenvalue weighted by molar-refractivity contribution is 14.1. The van der Waals surface area contributed by atoms with Crippen LogP contribution in [0.4, 0.5) is 22.7 Å². The average molecular weight is 1980 g/mol. The molecule has 658 valence electrons. The summed E-state index contributed by atoms with van der Waals surface area (Å²) in [5.74, 6) is -15.8. The zero-order valence-corrected chi connectivity index (χ0v) is 70.7. The summed E-state index contributed by atoms with van der Waals surface area (Å²) in [6.45, 7) is 0. The zero-order chi connectivity index (χ0) is 95.9. The van der Waals surface area contributed by atoms with E-state index in [1.807, 2.05) is 22.6 Å².